The SMILES string of the molecule is CNCc1c(C)cccc1NCc1nc(-c2ccc3ncnn3c2)c(-c2cccc(C)n2)[nH]1. The number of nitrogens with zero attached hydrogens (tertiary/aromatic N) is 5. The summed E-state index contributed by atoms with van der Waals surface area (Å²) >= 11 is 0. The first kappa shape index (κ1) is 20.8. The van der Waals surface area contributed by atoms with Crippen LogP contribution in [0.5, 0.6) is 0 Å². The van der Waals surface area contributed by atoms with E-state index in [1.165, 1.54) is 11.1 Å². The molecule has 1 aromatic carbocycles. The molecule has 5 rings (SSSR count). The summed E-state index contributed by atoms with van der Waals surface area (Å²) in [5.41, 5.74) is 8.87. The molecule has 8 nitrogen and oxygen atoms in total. The van der Waals surface area contributed by atoms with Crippen molar-refractivity contribution in [1.29, 1.82) is 0 Å². The van der Waals surface area contributed by atoms with Gasteiger partial charge in [0.05, 0.1) is 23.6 Å². The first-order valence-electron chi connectivity index (χ1n) is 10.9. The third-order valence-electron chi connectivity index (χ3n) is 5.65. The average molecular weight is 439 g/mol. The maximum atomic E-state index is 4.96. The van der Waals surface area contributed by atoms with Crippen LogP contribution in [0.4, 0.5) is 5.69 Å². The Bertz CT molecular complexity index is 1420. The zero-order valence-corrected chi connectivity index (χ0v) is 18.9. The van der Waals surface area contributed by atoms with Gasteiger partial charge >= 0.3 is 0 Å². The lowest BCUT2D eigenvalue weighted by atomic mass is 10.1. The topological polar surface area (TPSA) is 95.8 Å². The Hall–Kier alpha value is -4.04. The zero-order valence-electron chi connectivity index (χ0n) is 18.9. The number of benzene rings is 1. The summed E-state index contributed by atoms with van der Waals surface area (Å²) in [7, 11) is 1.96. The third-order valence-corrected chi connectivity index (χ3v) is 5.65. The smallest absolute Gasteiger partial charge is 0.155 e. The number of pyridine rings is 2. The predicted molar refractivity (Wildman–Crippen MR) is 130 cm³/mol. The second-order valence-corrected chi connectivity index (χ2v) is 8.04. The Morgan fingerprint density at radius 2 is 1.85 bits per heavy atom. The van der Waals surface area contributed by atoms with Gasteiger partial charge in [0.2, 0.25) is 0 Å². The molecule has 0 aliphatic carbocycles. The quantitative estimate of drug-likeness (QED) is 0.354. The summed E-state index contributed by atoms with van der Waals surface area (Å²) in [6, 6.07) is 16.3. The van der Waals surface area contributed by atoms with Crippen LogP contribution in [0.1, 0.15) is 22.6 Å². The van der Waals surface area contributed by atoms with Crippen molar-refractivity contribution >= 4 is 11.3 Å². The molecule has 4 aromatic heterocycles. The number of aryl methyl sites for hydroxylation is 2. The molecule has 4 heterocycles. The summed E-state index contributed by atoms with van der Waals surface area (Å²) in [6.07, 6.45) is 3.49. The van der Waals surface area contributed by atoms with E-state index in [2.05, 4.69) is 50.8 Å². The number of hydrogen-bond acceptors (Lipinski definition) is 6. The van der Waals surface area contributed by atoms with Crippen molar-refractivity contribution in [1.82, 2.24) is 34.9 Å². The number of imidazole rings is 1. The van der Waals surface area contributed by atoms with Gasteiger partial charge in [-0.15, -0.1) is 0 Å². The summed E-state index contributed by atoms with van der Waals surface area (Å²) in [6.45, 7) is 5.48. The van der Waals surface area contributed by atoms with Gasteiger partial charge in [0.25, 0.3) is 0 Å². The number of anilines is 1. The van der Waals surface area contributed by atoms with Gasteiger partial charge in [0, 0.05) is 29.7 Å². The number of fused-ring (bicyclic) bond motifs is 1. The van der Waals surface area contributed by atoms with E-state index in [4.69, 9.17) is 9.97 Å². The van der Waals surface area contributed by atoms with Crippen LogP contribution in [-0.4, -0.2) is 36.6 Å². The van der Waals surface area contributed by atoms with E-state index in [9.17, 15) is 0 Å². The van der Waals surface area contributed by atoms with Crippen LogP contribution in [0.25, 0.3) is 28.3 Å². The Morgan fingerprint density at radius 3 is 2.70 bits per heavy atom. The summed E-state index contributed by atoms with van der Waals surface area (Å²) < 4.78 is 1.76. The Labute approximate surface area is 192 Å². The highest BCUT2D eigenvalue weighted by Gasteiger charge is 2.17. The number of H-pyrrole nitrogens is 1. The van der Waals surface area contributed by atoms with Crippen molar-refractivity contribution in [3.05, 3.63) is 83.7 Å². The van der Waals surface area contributed by atoms with Crippen molar-refractivity contribution < 1.29 is 0 Å². The Morgan fingerprint density at radius 1 is 0.970 bits per heavy atom. The third kappa shape index (κ3) is 4.20. The number of aromatic nitrogens is 6. The molecule has 0 saturated heterocycles. The predicted octanol–water partition coefficient (Wildman–Crippen LogP) is 4.13. The fourth-order valence-electron chi connectivity index (χ4n) is 4.00. The molecular formula is C25H26N8. The minimum atomic E-state index is 0.560. The second-order valence-electron chi connectivity index (χ2n) is 8.04. The van der Waals surface area contributed by atoms with Gasteiger partial charge in [-0.2, -0.15) is 5.10 Å². The van der Waals surface area contributed by atoms with Gasteiger partial charge < -0.3 is 15.6 Å². The monoisotopic (exact) mass is 438 g/mol. The van der Waals surface area contributed by atoms with E-state index in [0.717, 1.165) is 52.0 Å². The van der Waals surface area contributed by atoms with Gasteiger partial charge in [-0.3, -0.25) is 4.98 Å². The maximum Gasteiger partial charge on any atom is 0.155 e. The normalized spacial score (nSPS) is 11.2. The van der Waals surface area contributed by atoms with Crippen molar-refractivity contribution in [2.75, 3.05) is 12.4 Å². The summed E-state index contributed by atoms with van der Waals surface area (Å²) in [5.74, 6) is 0.832. The standard InChI is InChI=1S/C25H26N8/c1-16-6-4-8-20(19(16)12-26-3)27-13-22-31-24(18-10-11-23-28-15-29-33(23)14-18)25(32-22)21-9-5-7-17(2)30-21/h4-11,14-15,26-27H,12-13H2,1-3H3,(H,31,32). The molecule has 0 bridgehead atoms. The summed E-state index contributed by atoms with van der Waals surface area (Å²) in [4.78, 5) is 17.4. The van der Waals surface area contributed by atoms with Crippen LogP contribution in [0.2, 0.25) is 0 Å². The molecule has 0 aliphatic heterocycles. The van der Waals surface area contributed by atoms with Gasteiger partial charge in [-0.1, -0.05) is 18.2 Å². The molecule has 0 saturated carbocycles. The van der Waals surface area contributed by atoms with Crippen LogP contribution >= 0.6 is 0 Å². The molecule has 8 heteroatoms. The van der Waals surface area contributed by atoms with Crippen LogP contribution in [0.15, 0.2) is 61.1 Å². The minimum absolute atomic E-state index is 0.560. The number of aromatic amines is 1. The van der Waals surface area contributed by atoms with Crippen LogP contribution in [0, 0.1) is 13.8 Å². The van der Waals surface area contributed by atoms with Crippen molar-refractivity contribution in [3.63, 3.8) is 0 Å². The maximum absolute atomic E-state index is 4.96. The van der Waals surface area contributed by atoms with Crippen molar-refractivity contribution in [2.24, 2.45) is 0 Å². The van der Waals surface area contributed by atoms with E-state index in [1.54, 1.807) is 10.8 Å². The average Bonchev–Trinajstić information content (AvgIpc) is 3.46. The molecule has 166 valence electrons. The zero-order chi connectivity index (χ0) is 22.8. The Kier molecular flexibility index (Phi) is 5.58. The van der Waals surface area contributed by atoms with Crippen LogP contribution in [0.3, 0.4) is 0 Å². The lowest BCUT2D eigenvalue weighted by Crippen LogP contribution is -2.11. The molecule has 0 spiro atoms. The number of hydrogen-bond donors (Lipinski definition) is 3. The molecule has 0 amide bonds. The molecular weight excluding hydrogens is 412 g/mol. The minimum Gasteiger partial charge on any atom is -0.378 e. The van der Waals surface area contributed by atoms with E-state index in [1.807, 2.05) is 50.5 Å². The molecule has 0 atom stereocenters. The first-order chi connectivity index (χ1) is 16.1. The molecule has 5 aromatic rings. The number of rotatable bonds is 7. The summed E-state index contributed by atoms with van der Waals surface area (Å²) in [5, 5.41) is 11.1. The van der Waals surface area contributed by atoms with Crippen LogP contribution < -0.4 is 10.6 Å². The van der Waals surface area contributed by atoms with E-state index in [0.29, 0.717) is 6.54 Å². The molecule has 0 aliphatic rings. The molecule has 0 fully saturated rings. The number of nitrogens with one attached hydrogen (secondary N) is 3. The molecule has 3 N–H and O–H groups in total. The highest BCUT2D eigenvalue weighted by molar-refractivity contribution is 5.77. The van der Waals surface area contributed by atoms with Gasteiger partial charge in [-0.25, -0.2) is 14.5 Å². The largest absolute Gasteiger partial charge is 0.378 e. The van der Waals surface area contributed by atoms with Gasteiger partial charge in [-0.05, 0) is 62.4 Å². The first-order valence-corrected chi connectivity index (χ1v) is 10.9. The van der Waals surface area contributed by atoms with Crippen molar-refractivity contribution in [2.45, 2.75) is 26.9 Å². The lowest BCUT2D eigenvalue weighted by molar-refractivity contribution is 0.811. The molecule has 33 heavy (non-hydrogen) atoms. The van der Waals surface area contributed by atoms with E-state index >= 15 is 0 Å². The van der Waals surface area contributed by atoms with E-state index in [-0.39, 0.29) is 0 Å². The van der Waals surface area contributed by atoms with E-state index < -0.39 is 0 Å². The van der Waals surface area contributed by atoms with Crippen LogP contribution in [-0.2, 0) is 13.1 Å². The second kappa shape index (κ2) is 8.84. The molecule has 0 radical (unpaired) electrons. The fraction of sp³-hybridized carbons (Fsp3) is 0.200. The van der Waals surface area contributed by atoms with Gasteiger partial charge in [0.1, 0.15) is 12.2 Å². The molecule has 0 unspecified atom stereocenters. The fourth-order valence-corrected chi connectivity index (χ4v) is 4.00. The van der Waals surface area contributed by atoms with Crippen molar-refractivity contribution in [3.8, 4) is 22.6 Å². The highest BCUT2D eigenvalue weighted by Crippen LogP contribution is 2.30. The van der Waals surface area contributed by atoms with Gasteiger partial charge in [0.15, 0.2) is 5.65 Å². The highest BCUT2D eigenvalue weighted by atomic mass is 15.3. The Balaban J connectivity index is 1.53. The lowest BCUT2D eigenvalue weighted by Gasteiger charge is -2.13.